The number of rotatable bonds is 2. The van der Waals surface area contributed by atoms with Crippen molar-refractivity contribution in [2.24, 2.45) is 0 Å². The van der Waals surface area contributed by atoms with Crippen LogP contribution < -0.4 is 18.9 Å². The average Bonchev–Trinajstić information content (AvgIpc) is 3.11. The lowest BCUT2D eigenvalue weighted by molar-refractivity contribution is 0.174. The van der Waals surface area contributed by atoms with Gasteiger partial charge in [0.25, 0.3) is 0 Å². The van der Waals surface area contributed by atoms with Gasteiger partial charge in [0.15, 0.2) is 23.0 Å². The van der Waals surface area contributed by atoms with Gasteiger partial charge in [-0.1, -0.05) is 6.07 Å². The maximum absolute atomic E-state index is 5.54. The SMILES string of the molecule is COc1ccc2c(ccc3c4cc5c(cc4nnc23)OCO5)c1OC. The summed E-state index contributed by atoms with van der Waals surface area (Å²) in [5.74, 6) is 2.81. The molecular formula is C19H14N2O4. The largest absolute Gasteiger partial charge is 0.493 e. The molecule has 0 bridgehead atoms. The van der Waals surface area contributed by atoms with E-state index in [2.05, 4.69) is 10.2 Å². The zero-order valence-corrected chi connectivity index (χ0v) is 13.7. The Bertz CT molecular complexity index is 1160. The van der Waals surface area contributed by atoms with Gasteiger partial charge in [0.05, 0.1) is 19.7 Å². The van der Waals surface area contributed by atoms with Crippen LogP contribution in [-0.2, 0) is 0 Å². The number of benzene rings is 3. The summed E-state index contributed by atoms with van der Waals surface area (Å²) < 4.78 is 21.8. The van der Waals surface area contributed by atoms with E-state index in [1.807, 2.05) is 36.4 Å². The molecule has 0 saturated carbocycles. The van der Waals surface area contributed by atoms with Crippen molar-refractivity contribution in [2.45, 2.75) is 0 Å². The third-order valence-corrected chi connectivity index (χ3v) is 4.55. The van der Waals surface area contributed by atoms with E-state index in [0.717, 1.165) is 38.3 Å². The number of hydrogen-bond donors (Lipinski definition) is 0. The molecule has 0 N–H and O–H groups in total. The number of ether oxygens (including phenoxy) is 4. The van der Waals surface area contributed by atoms with Gasteiger partial charge in [-0.3, -0.25) is 0 Å². The molecule has 0 fully saturated rings. The maximum Gasteiger partial charge on any atom is 0.231 e. The predicted octanol–water partition coefficient (Wildman–Crippen LogP) is 3.68. The topological polar surface area (TPSA) is 62.7 Å². The van der Waals surface area contributed by atoms with Gasteiger partial charge in [-0.05, 0) is 24.3 Å². The molecule has 6 nitrogen and oxygen atoms in total. The molecule has 0 unspecified atom stereocenters. The van der Waals surface area contributed by atoms with Gasteiger partial charge in [0.1, 0.15) is 5.52 Å². The van der Waals surface area contributed by atoms with Crippen molar-refractivity contribution in [3.8, 4) is 23.0 Å². The van der Waals surface area contributed by atoms with Crippen molar-refractivity contribution in [3.05, 3.63) is 36.4 Å². The van der Waals surface area contributed by atoms with Crippen LogP contribution in [0, 0.1) is 0 Å². The summed E-state index contributed by atoms with van der Waals surface area (Å²) in [6.45, 7) is 0.233. The summed E-state index contributed by atoms with van der Waals surface area (Å²) in [7, 11) is 3.26. The lowest BCUT2D eigenvalue weighted by atomic mass is 10.0. The molecular weight excluding hydrogens is 320 g/mol. The molecule has 25 heavy (non-hydrogen) atoms. The summed E-state index contributed by atoms with van der Waals surface area (Å²) >= 11 is 0. The Morgan fingerprint density at radius 3 is 2.32 bits per heavy atom. The Morgan fingerprint density at radius 2 is 1.52 bits per heavy atom. The molecule has 124 valence electrons. The van der Waals surface area contributed by atoms with E-state index in [-0.39, 0.29) is 6.79 Å². The highest BCUT2D eigenvalue weighted by atomic mass is 16.7. The van der Waals surface area contributed by atoms with Crippen LogP contribution >= 0.6 is 0 Å². The predicted molar refractivity (Wildman–Crippen MR) is 93.8 cm³/mol. The molecule has 6 heteroatoms. The Balaban J connectivity index is 1.89. The van der Waals surface area contributed by atoms with Crippen LogP contribution in [0.3, 0.4) is 0 Å². The zero-order valence-electron chi connectivity index (χ0n) is 13.7. The van der Waals surface area contributed by atoms with Crippen LogP contribution in [0.25, 0.3) is 32.6 Å². The highest BCUT2D eigenvalue weighted by Crippen LogP contribution is 2.41. The van der Waals surface area contributed by atoms with Crippen LogP contribution in [0.15, 0.2) is 36.4 Å². The van der Waals surface area contributed by atoms with Crippen molar-refractivity contribution in [1.82, 2.24) is 10.2 Å². The van der Waals surface area contributed by atoms with Crippen molar-refractivity contribution in [3.63, 3.8) is 0 Å². The second kappa shape index (κ2) is 5.11. The van der Waals surface area contributed by atoms with E-state index in [0.29, 0.717) is 17.2 Å². The van der Waals surface area contributed by atoms with Crippen LogP contribution in [0.1, 0.15) is 0 Å². The van der Waals surface area contributed by atoms with E-state index in [4.69, 9.17) is 18.9 Å². The Labute approximate surface area is 142 Å². The van der Waals surface area contributed by atoms with E-state index in [9.17, 15) is 0 Å². The number of hydrogen-bond acceptors (Lipinski definition) is 6. The zero-order chi connectivity index (χ0) is 17.0. The summed E-state index contributed by atoms with van der Waals surface area (Å²) in [5, 5.41) is 12.7. The summed E-state index contributed by atoms with van der Waals surface area (Å²) in [6.07, 6.45) is 0. The fourth-order valence-electron chi connectivity index (χ4n) is 3.37. The lowest BCUT2D eigenvalue weighted by Gasteiger charge is -2.12. The summed E-state index contributed by atoms with van der Waals surface area (Å²) in [4.78, 5) is 0. The molecule has 3 aromatic carbocycles. The molecule has 5 rings (SSSR count). The second-order valence-corrected chi connectivity index (χ2v) is 5.78. The van der Waals surface area contributed by atoms with Crippen LogP contribution in [0.2, 0.25) is 0 Å². The molecule has 4 aromatic rings. The maximum atomic E-state index is 5.54. The molecule has 2 heterocycles. The fraction of sp³-hybridized carbons (Fsp3) is 0.158. The van der Waals surface area contributed by atoms with E-state index in [1.54, 1.807) is 14.2 Å². The number of nitrogens with zero attached hydrogens (tertiary/aromatic N) is 2. The Morgan fingerprint density at radius 1 is 0.800 bits per heavy atom. The fourth-order valence-corrected chi connectivity index (χ4v) is 3.37. The number of methoxy groups -OCH3 is 2. The van der Waals surface area contributed by atoms with Crippen molar-refractivity contribution in [2.75, 3.05) is 21.0 Å². The van der Waals surface area contributed by atoms with Gasteiger partial charge < -0.3 is 18.9 Å². The van der Waals surface area contributed by atoms with Crippen LogP contribution in [0.5, 0.6) is 23.0 Å². The van der Waals surface area contributed by atoms with E-state index in [1.165, 1.54) is 0 Å². The number of aromatic nitrogens is 2. The molecule has 0 radical (unpaired) electrons. The van der Waals surface area contributed by atoms with E-state index >= 15 is 0 Å². The first-order valence-corrected chi connectivity index (χ1v) is 7.83. The van der Waals surface area contributed by atoms with Gasteiger partial charge in [-0.15, -0.1) is 10.2 Å². The number of fused-ring (bicyclic) bond motifs is 6. The monoisotopic (exact) mass is 334 g/mol. The van der Waals surface area contributed by atoms with Gasteiger partial charge >= 0.3 is 0 Å². The third-order valence-electron chi connectivity index (χ3n) is 4.55. The van der Waals surface area contributed by atoms with Crippen molar-refractivity contribution >= 4 is 32.6 Å². The molecule has 0 amide bonds. The van der Waals surface area contributed by atoms with Crippen molar-refractivity contribution < 1.29 is 18.9 Å². The highest BCUT2D eigenvalue weighted by Gasteiger charge is 2.18. The summed E-state index contributed by atoms with van der Waals surface area (Å²) in [5.41, 5.74) is 1.58. The normalized spacial score (nSPS) is 12.9. The Kier molecular flexibility index (Phi) is 2.88. The van der Waals surface area contributed by atoms with Gasteiger partial charge in [0, 0.05) is 27.6 Å². The minimum absolute atomic E-state index is 0.233. The lowest BCUT2D eigenvalue weighted by Crippen LogP contribution is -1.94. The molecule has 0 atom stereocenters. The smallest absolute Gasteiger partial charge is 0.231 e. The molecule has 1 aliphatic heterocycles. The van der Waals surface area contributed by atoms with Crippen LogP contribution in [-0.4, -0.2) is 31.2 Å². The first kappa shape index (κ1) is 14.1. The summed E-state index contributed by atoms with van der Waals surface area (Å²) in [6, 6.07) is 11.7. The third kappa shape index (κ3) is 1.91. The van der Waals surface area contributed by atoms with Gasteiger partial charge in [0.2, 0.25) is 6.79 Å². The molecule has 0 saturated heterocycles. The molecule has 1 aliphatic rings. The minimum atomic E-state index is 0.233. The Hall–Kier alpha value is -3.28. The minimum Gasteiger partial charge on any atom is -0.493 e. The molecule has 1 aromatic heterocycles. The van der Waals surface area contributed by atoms with Crippen molar-refractivity contribution in [1.29, 1.82) is 0 Å². The average molecular weight is 334 g/mol. The molecule has 0 aliphatic carbocycles. The standard InChI is InChI=1S/C19H14N2O4/c1-22-15-6-5-10-12(19(15)23-2)4-3-11-13-7-16-17(25-9-24-16)8-14(13)20-21-18(10)11/h3-8H,9H2,1-2H3. The van der Waals surface area contributed by atoms with Gasteiger partial charge in [-0.2, -0.15) is 0 Å². The molecule has 0 spiro atoms. The van der Waals surface area contributed by atoms with E-state index < -0.39 is 0 Å². The van der Waals surface area contributed by atoms with Gasteiger partial charge in [-0.25, -0.2) is 0 Å². The first-order chi connectivity index (χ1) is 12.3. The first-order valence-electron chi connectivity index (χ1n) is 7.83. The second-order valence-electron chi connectivity index (χ2n) is 5.78. The van der Waals surface area contributed by atoms with Crippen LogP contribution in [0.4, 0.5) is 0 Å². The highest BCUT2D eigenvalue weighted by molar-refractivity contribution is 6.15. The quantitative estimate of drug-likeness (QED) is 0.521.